The highest BCUT2D eigenvalue weighted by molar-refractivity contribution is 6.07. The van der Waals surface area contributed by atoms with Crippen LogP contribution in [-0.4, -0.2) is 23.5 Å². The van der Waals surface area contributed by atoms with Gasteiger partial charge in [0, 0.05) is 18.7 Å². The molecule has 1 amide bonds. The first-order valence-electron chi connectivity index (χ1n) is 10.5. The summed E-state index contributed by atoms with van der Waals surface area (Å²) >= 11 is 0. The number of hydrogen-bond acceptors (Lipinski definition) is 3. The zero-order valence-corrected chi connectivity index (χ0v) is 18.0. The molecule has 0 unspecified atom stereocenters. The molecule has 3 aromatic carbocycles. The highest BCUT2D eigenvalue weighted by Gasteiger charge is 2.18. The van der Waals surface area contributed by atoms with E-state index in [1.807, 2.05) is 43.3 Å². The first kappa shape index (κ1) is 22.1. The Morgan fingerprint density at radius 3 is 2.35 bits per heavy atom. The van der Waals surface area contributed by atoms with Crippen LogP contribution in [-0.2, 0) is 6.54 Å². The second kappa shape index (κ2) is 10.4. The third kappa shape index (κ3) is 5.72. The van der Waals surface area contributed by atoms with Gasteiger partial charge in [0.15, 0.2) is 0 Å². The summed E-state index contributed by atoms with van der Waals surface area (Å²) in [5, 5.41) is 12.4. The van der Waals surface area contributed by atoms with Crippen LogP contribution < -0.4 is 10.2 Å². The second-order valence-electron chi connectivity index (χ2n) is 7.57. The number of aromatic carboxylic acids is 1. The fourth-order valence-electron chi connectivity index (χ4n) is 3.50. The van der Waals surface area contributed by atoms with Crippen LogP contribution >= 0.6 is 0 Å². The van der Waals surface area contributed by atoms with E-state index in [-0.39, 0.29) is 11.5 Å². The van der Waals surface area contributed by atoms with Crippen LogP contribution in [0.5, 0.6) is 0 Å². The summed E-state index contributed by atoms with van der Waals surface area (Å²) in [6.45, 7) is 5.48. The Balaban J connectivity index is 1.99. The number of nitrogens with zero attached hydrogens (tertiary/aromatic N) is 1. The molecule has 0 saturated heterocycles. The van der Waals surface area contributed by atoms with E-state index in [0.29, 0.717) is 17.8 Å². The van der Waals surface area contributed by atoms with Crippen molar-refractivity contribution in [2.24, 2.45) is 0 Å². The Kier molecular flexibility index (Phi) is 7.44. The maximum Gasteiger partial charge on any atom is 0.335 e. The van der Waals surface area contributed by atoms with E-state index in [1.165, 1.54) is 6.07 Å². The van der Waals surface area contributed by atoms with Crippen molar-refractivity contribution in [1.29, 1.82) is 0 Å². The number of carbonyl (C=O) groups excluding carboxylic acids is 1. The number of benzene rings is 3. The van der Waals surface area contributed by atoms with Gasteiger partial charge in [0.1, 0.15) is 0 Å². The van der Waals surface area contributed by atoms with Crippen LogP contribution in [0.2, 0.25) is 0 Å². The molecule has 31 heavy (non-hydrogen) atoms. The standard InChI is InChI=1S/C26H28N2O3/c1-3-4-16-28(18-20-11-6-5-7-12-20)24-15-14-21(26(30)31)17-23(24)27-25(29)22-13-9-8-10-19(22)2/h5-15,17H,3-4,16,18H2,1-2H3,(H,27,29)(H,30,31). The van der Waals surface area contributed by atoms with Crippen LogP contribution in [0.1, 0.15) is 51.6 Å². The molecule has 0 aromatic heterocycles. The number of carbonyl (C=O) groups is 2. The van der Waals surface area contributed by atoms with Gasteiger partial charge in [-0.25, -0.2) is 4.79 Å². The Morgan fingerprint density at radius 1 is 0.968 bits per heavy atom. The van der Waals surface area contributed by atoms with Crippen LogP contribution in [0.15, 0.2) is 72.8 Å². The van der Waals surface area contributed by atoms with E-state index in [1.54, 1.807) is 18.2 Å². The minimum absolute atomic E-state index is 0.138. The van der Waals surface area contributed by atoms with Crippen molar-refractivity contribution in [3.63, 3.8) is 0 Å². The van der Waals surface area contributed by atoms with Crippen molar-refractivity contribution in [2.45, 2.75) is 33.2 Å². The summed E-state index contributed by atoms with van der Waals surface area (Å²) in [6, 6.07) is 22.4. The maximum atomic E-state index is 13.0. The zero-order chi connectivity index (χ0) is 22.2. The van der Waals surface area contributed by atoms with Crippen molar-refractivity contribution < 1.29 is 14.7 Å². The summed E-state index contributed by atoms with van der Waals surface area (Å²) in [4.78, 5) is 26.8. The average molecular weight is 417 g/mol. The van der Waals surface area contributed by atoms with Gasteiger partial charge in [0.05, 0.1) is 16.9 Å². The predicted molar refractivity (Wildman–Crippen MR) is 125 cm³/mol. The van der Waals surface area contributed by atoms with Crippen molar-refractivity contribution >= 4 is 23.3 Å². The quantitative estimate of drug-likeness (QED) is 0.466. The fourth-order valence-corrected chi connectivity index (χ4v) is 3.50. The Morgan fingerprint density at radius 2 is 1.68 bits per heavy atom. The van der Waals surface area contributed by atoms with E-state index < -0.39 is 5.97 Å². The highest BCUT2D eigenvalue weighted by Crippen LogP contribution is 2.30. The molecule has 0 fully saturated rings. The second-order valence-corrected chi connectivity index (χ2v) is 7.57. The molecule has 3 rings (SSSR count). The number of rotatable bonds is 9. The van der Waals surface area contributed by atoms with Gasteiger partial charge in [-0.15, -0.1) is 0 Å². The molecule has 0 atom stereocenters. The van der Waals surface area contributed by atoms with Crippen molar-refractivity contribution in [1.82, 2.24) is 0 Å². The minimum Gasteiger partial charge on any atom is -0.478 e. The fraction of sp³-hybridized carbons (Fsp3) is 0.231. The van der Waals surface area contributed by atoms with Crippen LogP contribution in [0, 0.1) is 6.92 Å². The summed E-state index contributed by atoms with van der Waals surface area (Å²) < 4.78 is 0. The molecule has 0 saturated carbocycles. The number of hydrogen-bond donors (Lipinski definition) is 2. The molecule has 0 heterocycles. The first-order chi connectivity index (χ1) is 15.0. The van der Waals surface area contributed by atoms with Gasteiger partial charge >= 0.3 is 5.97 Å². The number of anilines is 2. The van der Waals surface area contributed by atoms with Crippen molar-refractivity contribution in [3.05, 3.63) is 95.1 Å². The number of carboxylic acids is 1. The average Bonchev–Trinajstić information content (AvgIpc) is 2.77. The zero-order valence-electron chi connectivity index (χ0n) is 18.0. The van der Waals surface area contributed by atoms with E-state index in [0.717, 1.165) is 36.2 Å². The van der Waals surface area contributed by atoms with Crippen molar-refractivity contribution in [2.75, 3.05) is 16.8 Å². The van der Waals surface area contributed by atoms with Gasteiger partial charge in [-0.2, -0.15) is 0 Å². The maximum absolute atomic E-state index is 13.0. The largest absolute Gasteiger partial charge is 0.478 e. The molecule has 0 aliphatic heterocycles. The lowest BCUT2D eigenvalue weighted by molar-refractivity contribution is 0.0696. The molecule has 0 bridgehead atoms. The molecule has 3 aromatic rings. The smallest absolute Gasteiger partial charge is 0.335 e. The van der Waals surface area contributed by atoms with Gasteiger partial charge in [-0.3, -0.25) is 4.79 Å². The van der Waals surface area contributed by atoms with Gasteiger partial charge in [0.2, 0.25) is 0 Å². The Hall–Kier alpha value is -3.60. The number of nitrogens with one attached hydrogen (secondary N) is 1. The number of aryl methyl sites for hydroxylation is 1. The molecular formula is C26H28N2O3. The van der Waals surface area contributed by atoms with Crippen LogP contribution in [0.4, 0.5) is 11.4 Å². The lowest BCUT2D eigenvalue weighted by Crippen LogP contribution is -2.26. The van der Waals surface area contributed by atoms with E-state index >= 15 is 0 Å². The Labute approximate surface area is 183 Å². The lowest BCUT2D eigenvalue weighted by Gasteiger charge is -2.28. The van der Waals surface area contributed by atoms with E-state index in [4.69, 9.17) is 0 Å². The summed E-state index contributed by atoms with van der Waals surface area (Å²) in [5.41, 5.74) is 4.03. The highest BCUT2D eigenvalue weighted by atomic mass is 16.4. The molecule has 5 heteroatoms. The van der Waals surface area contributed by atoms with Gasteiger partial charge in [0.25, 0.3) is 5.91 Å². The van der Waals surface area contributed by atoms with E-state index in [2.05, 4.69) is 29.3 Å². The molecule has 0 radical (unpaired) electrons. The van der Waals surface area contributed by atoms with Gasteiger partial charge in [-0.05, 0) is 48.7 Å². The molecule has 2 N–H and O–H groups in total. The number of carboxylic acid groups (broad SMARTS) is 1. The minimum atomic E-state index is -1.03. The van der Waals surface area contributed by atoms with E-state index in [9.17, 15) is 14.7 Å². The third-order valence-electron chi connectivity index (χ3n) is 5.22. The molecule has 0 spiro atoms. The van der Waals surface area contributed by atoms with Gasteiger partial charge in [-0.1, -0.05) is 61.9 Å². The molecule has 0 aliphatic rings. The predicted octanol–water partition coefficient (Wildman–Crippen LogP) is 5.75. The number of amides is 1. The monoisotopic (exact) mass is 416 g/mol. The molecule has 0 aliphatic carbocycles. The van der Waals surface area contributed by atoms with Crippen LogP contribution in [0.3, 0.4) is 0 Å². The Bertz CT molecular complexity index is 1050. The topological polar surface area (TPSA) is 69.6 Å². The number of unbranched alkanes of at least 4 members (excludes halogenated alkanes) is 1. The molecular weight excluding hydrogens is 388 g/mol. The normalized spacial score (nSPS) is 10.5. The first-order valence-corrected chi connectivity index (χ1v) is 10.5. The summed E-state index contributed by atoms with van der Waals surface area (Å²) in [5.74, 6) is -1.28. The van der Waals surface area contributed by atoms with Crippen molar-refractivity contribution in [3.8, 4) is 0 Å². The third-order valence-corrected chi connectivity index (χ3v) is 5.22. The molecule has 5 nitrogen and oxygen atoms in total. The SMILES string of the molecule is CCCCN(Cc1ccccc1)c1ccc(C(=O)O)cc1NC(=O)c1ccccc1C. The summed E-state index contributed by atoms with van der Waals surface area (Å²) in [6.07, 6.45) is 2.02. The van der Waals surface area contributed by atoms with Crippen LogP contribution in [0.25, 0.3) is 0 Å². The van der Waals surface area contributed by atoms with Gasteiger partial charge < -0.3 is 15.3 Å². The summed E-state index contributed by atoms with van der Waals surface area (Å²) in [7, 11) is 0. The molecule has 160 valence electrons. The lowest BCUT2D eigenvalue weighted by atomic mass is 10.1.